The first kappa shape index (κ1) is 19.1. The summed E-state index contributed by atoms with van der Waals surface area (Å²) in [5, 5.41) is 0. The van der Waals surface area contributed by atoms with Crippen LogP contribution in [-0.2, 0) is 21.3 Å². The first-order valence-corrected chi connectivity index (χ1v) is 9.81. The van der Waals surface area contributed by atoms with Gasteiger partial charge in [0.2, 0.25) is 0 Å². The minimum absolute atomic E-state index is 0.0327. The Bertz CT molecular complexity index is 799. The molecule has 0 saturated heterocycles. The molecule has 25 heavy (non-hydrogen) atoms. The van der Waals surface area contributed by atoms with Crippen molar-refractivity contribution in [2.75, 3.05) is 0 Å². The van der Waals surface area contributed by atoms with Crippen molar-refractivity contribution in [3.63, 3.8) is 0 Å². The van der Waals surface area contributed by atoms with Crippen molar-refractivity contribution in [2.45, 2.75) is 38.0 Å². The van der Waals surface area contributed by atoms with Crippen LogP contribution in [0.1, 0.15) is 42.6 Å². The summed E-state index contributed by atoms with van der Waals surface area (Å²) in [6.45, 7) is 4.29. The lowest BCUT2D eigenvalue weighted by Crippen LogP contribution is -2.27. The maximum Gasteiger partial charge on any atom is 0.357 e. The van der Waals surface area contributed by atoms with E-state index >= 15 is 0 Å². The van der Waals surface area contributed by atoms with Gasteiger partial charge in [-0.3, -0.25) is 0 Å². The number of carbonyl (C=O) groups excluding carboxylic acids is 1. The first-order valence-electron chi connectivity index (χ1n) is 8.33. The van der Waals surface area contributed by atoms with Crippen LogP contribution >= 0.6 is 0 Å². The zero-order valence-corrected chi connectivity index (χ0v) is 15.3. The Morgan fingerprint density at radius 1 is 1.04 bits per heavy atom. The molecule has 0 spiro atoms. The van der Waals surface area contributed by atoms with Crippen molar-refractivity contribution in [1.29, 1.82) is 0 Å². The van der Waals surface area contributed by atoms with Gasteiger partial charge in [0, 0.05) is 0 Å². The summed E-state index contributed by atoms with van der Waals surface area (Å²) < 4.78 is 24.1. The quantitative estimate of drug-likeness (QED) is 0.728. The van der Waals surface area contributed by atoms with E-state index in [9.17, 15) is 13.2 Å². The van der Waals surface area contributed by atoms with Crippen LogP contribution in [0.15, 0.2) is 59.5 Å². The van der Waals surface area contributed by atoms with Gasteiger partial charge in [-0.1, -0.05) is 57.0 Å². The zero-order valence-electron chi connectivity index (χ0n) is 14.4. The second kappa shape index (κ2) is 8.78. The summed E-state index contributed by atoms with van der Waals surface area (Å²) >= 11 is 0. The average Bonchev–Trinajstić information content (AvgIpc) is 2.65. The molecule has 0 bridgehead atoms. The fourth-order valence-corrected chi connectivity index (χ4v) is 3.33. The maximum absolute atomic E-state index is 12.2. The fraction of sp³-hybridized carbons (Fsp3) is 0.316. The SMILES string of the molecule is CCC(CC)Cc1cccc(C(=O)ONS(=O)(=O)c2ccccc2)c1. The third-order valence-electron chi connectivity index (χ3n) is 4.14. The van der Waals surface area contributed by atoms with E-state index in [2.05, 4.69) is 13.8 Å². The summed E-state index contributed by atoms with van der Waals surface area (Å²) in [5.74, 6) is -0.172. The second-order valence-corrected chi connectivity index (χ2v) is 7.52. The molecule has 2 aromatic rings. The molecule has 0 amide bonds. The summed E-state index contributed by atoms with van der Waals surface area (Å²) in [4.78, 5) is 18.8. The standard InChI is InChI=1S/C19H23NO4S/c1-3-15(4-2)13-16-9-8-10-17(14-16)19(21)24-20-25(22,23)18-11-6-5-7-12-18/h5-12,14-15,20H,3-4,13H2,1-2H3. The van der Waals surface area contributed by atoms with Crippen LogP contribution in [0.5, 0.6) is 0 Å². The molecule has 6 heteroatoms. The number of sulfonamides is 1. The molecular weight excluding hydrogens is 338 g/mol. The molecule has 0 aliphatic carbocycles. The highest BCUT2D eigenvalue weighted by molar-refractivity contribution is 7.89. The molecule has 0 aliphatic heterocycles. The third kappa shape index (κ3) is 5.41. The van der Waals surface area contributed by atoms with Gasteiger partial charge in [0.15, 0.2) is 0 Å². The van der Waals surface area contributed by atoms with E-state index in [0.29, 0.717) is 11.5 Å². The van der Waals surface area contributed by atoms with Crippen molar-refractivity contribution in [3.05, 3.63) is 65.7 Å². The van der Waals surface area contributed by atoms with Gasteiger partial charge in [-0.15, -0.1) is 0 Å². The third-order valence-corrected chi connectivity index (χ3v) is 5.33. The Balaban J connectivity index is 2.04. The highest BCUT2D eigenvalue weighted by Gasteiger charge is 2.17. The normalized spacial score (nSPS) is 11.5. The summed E-state index contributed by atoms with van der Waals surface area (Å²) in [6.07, 6.45) is 3.02. The lowest BCUT2D eigenvalue weighted by molar-refractivity contribution is 0.0407. The number of carbonyl (C=O) groups is 1. The summed E-state index contributed by atoms with van der Waals surface area (Å²) in [7, 11) is -3.89. The van der Waals surface area contributed by atoms with E-state index < -0.39 is 16.0 Å². The van der Waals surface area contributed by atoms with Crippen LogP contribution in [0.3, 0.4) is 0 Å². The average molecular weight is 361 g/mol. The van der Waals surface area contributed by atoms with Crippen molar-refractivity contribution in [3.8, 4) is 0 Å². The Kier molecular flexibility index (Phi) is 6.73. The highest BCUT2D eigenvalue weighted by atomic mass is 32.2. The van der Waals surface area contributed by atoms with Crippen LogP contribution in [0.4, 0.5) is 0 Å². The Labute approximate surface area is 149 Å². The molecular formula is C19H23NO4S. The molecule has 1 N–H and O–H groups in total. The van der Waals surface area contributed by atoms with Crippen molar-refractivity contribution >= 4 is 16.0 Å². The van der Waals surface area contributed by atoms with E-state index in [1.165, 1.54) is 12.1 Å². The first-order chi connectivity index (χ1) is 12.0. The molecule has 0 aliphatic rings. The number of rotatable bonds is 8. The van der Waals surface area contributed by atoms with E-state index in [1.54, 1.807) is 36.4 Å². The molecule has 0 aromatic heterocycles. The predicted molar refractivity (Wildman–Crippen MR) is 96.4 cm³/mol. The molecule has 0 unspecified atom stereocenters. The van der Waals surface area contributed by atoms with Gasteiger partial charge in [-0.05, 0) is 47.1 Å². The van der Waals surface area contributed by atoms with Crippen LogP contribution in [0, 0.1) is 5.92 Å². The van der Waals surface area contributed by atoms with Gasteiger partial charge >= 0.3 is 5.97 Å². The number of nitrogens with one attached hydrogen (secondary N) is 1. The molecule has 0 heterocycles. The van der Waals surface area contributed by atoms with Gasteiger partial charge in [0.25, 0.3) is 10.0 Å². The van der Waals surface area contributed by atoms with Gasteiger partial charge in [0.1, 0.15) is 0 Å². The number of hydrogen-bond acceptors (Lipinski definition) is 4. The number of benzene rings is 2. The van der Waals surface area contributed by atoms with Crippen LogP contribution in [-0.4, -0.2) is 14.4 Å². The topological polar surface area (TPSA) is 72.5 Å². The molecule has 0 radical (unpaired) electrons. The molecule has 2 aromatic carbocycles. The Hall–Kier alpha value is -2.18. The molecule has 5 nitrogen and oxygen atoms in total. The lowest BCUT2D eigenvalue weighted by Gasteiger charge is -2.13. The maximum atomic E-state index is 12.2. The van der Waals surface area contributed by atoms with Crippen molar-refractivity contribution < 1.29 is 18.0 Å². The van der Waals surface area contributed by atoms with Crippen molar-refractivity contribution in [1.82, 2.24) is 4.89 Å². The largest absolute Gasteiger partial charge is 0.357 e. The van der Waals surface area contributed by atoms with Crippen LogP contribution in [0.25, 0.3) is 0 Å². The molecule has 0 atom stereocenters. The predicted octanol–water partition coefficient (Wildman–Crippen LogP) is 3.72. The Morgan fingerprint density at radius 2 is 1.72 bits per heavy atom. The lowest BCUT2D eigenvalue weighted by atomic mass is 9.94. The second-order valence-electron chi connectivity index (χ2n) is 5.88. The Morgan fingerprint density at radius 3 is 2.36 bits per heavy atom. The van der Waals surface area contributed by atoms with E-state index in [1.807, 2.05) is 11.0 Å². The van der Waals surface area contributed by atoms with Crippen LogP contribution in [0.2, 0.25) is 0 Å². The van der Waals surface area contributed by atoms with E-state index in [4.69, 9.17) is 4.84 Å². The van der Waals surface area contributed by atoms with Crippen LogP contribution < -0.4 is 4.89 Å². The minimum Gasteiger partial charge on any atom is -0.351 e. The number of hydrogen-bond donors (Lipinski definition) is 1. The monoisotopic (exact) mass is 361 g/mol. The van der Waals surface area contributed by atoms with Gasteiger partial charge in [-0.2, -0.15) is 0 Å². The minimum atomic E-state index is -3.89. The summed E-state index contributed by atoms with van der Waals surface area (Å²) in [5.41, 5.74) is 1.35. The fourth-order valence-electron chi connectivity index (χ4n) is 2.54. The summed E-state index contributed by atoms with van der Waals surface area (Å²) in [6, 6.07) is 14.8. The van der Waals surface area contributed by atoms with E-state index in [-0.39, 0.29) is 4.90 Å². The molecule has 134 valence electrons. The zero-order chi connectivity index (χ0) is 18.3. The van der Waals surface area contributed by atoms with Gasteiger partial charge in [-0.25, -0.2) is 13.2 Å². The van der Waals surface area contributed by atoms with E-state index in [0.717, 1.165) is 24.8 Å². The smallest absolute Gasteiger partial charge is 0.351 e. The molecule has 2 rings (SSSR count). The van der Waals surface area contributed by atoms with Gasteiger partial charge in [0.05, 0.1) is 10.5 Å². The highest BCUT2D eigenvalue weighted by Crippen LogP contribution is 2.17. The molecule has 0 saturated carbocycles. The molecule has 0 fully saturated rings. The van der Waals surface area contributed by atoms with Gasteiger partial charge < -0.3 is 4.84 Å². The van der Waals surface area contributed by atoms with Crippen molar-refractivity contribution in [2.24, 2.45) is 5.92 Å².